The van der Waals surface area contributed by atoms with Gasteiger partial charge >= 0.3 is 6.09 Å². The number of alkyl carbamates (subject to hydrolysis) is 1. The summed E-state index contributed by atoms with van der Waals surface area (Å²) < 4.78 is 17.4. The van der Waals surface area contributed by atoms with Crippen LogP contribution in [0.2, 0.25) is 0 Å². The van der Waals surface area contributed by atoms with Gasteiger partial charge in [0, 0.05) is 19.4 Å². The Bertz CT molecular complexity index is 1570. The molecule has 3 rings (SSSR count). The quantitative estimate of drug-likeness (QED) is 0.0222. The first-order chi connectivity index (χ1) is 31.7. The number of ether oxygens (including phenoxy) is 3. The molecule has 1 saturated heterocycles. The molecule has 0 saturated carbocycles. The molecule has 2 aromatic rings. The van der Waals surface area contributed by atoms with Gasteiger partial charge in [-0.2, -0.15) is 0 Å². The van der Waals surface area contributed by atoms with E-state index in [1.807, 2.05) is 48.5 Å². The molecule has 6 N–H and O–H groups in total. The van der Waals surface area contributed by atoms with Gasteiger partial charge in [0.2, 0.25) is 11.8 Å². The van der Waals surface area contributed by atoms with E-state index in [1.54, 1.807) is 17.0 Å². The standard InChI is InChI=1S/C52H84N4O9/c1-3-5-7-9-11-13-14-15-17-19-21-29-37-56(46(58)34-28-20-18-16-12-10-8-6-4-2)51-47(49(60)48(59)44(38-57)65-51)55-50(61)43(54-52(62)64-40-42-32-26-23-27-33-42)35-36-45(53)63-39-41-30-24-22-25-31-41/h22-27,30-33,43-44,47-49,51,53,57,59-60H,3-21,28-29,34-40H2,1-2H3,(H,54,62)(H,55,61)/t43-,44+,47+,48+,49+,51+/m0/s1. The van der Waals surface area contributed by atoms with Crippen molar-refractivity contribution in [1.82, 2.24) is 15.5 Å². The molecule has 3 amide bonds. The Morgan fingerprint density at radius 3 is 1.65 bits per heavy atom. The maximum Gasteiger partial charge on any atom is 0.408 e. The summed E-state index contributed by atoms with van der Waals surface area (Å²) in [5.41, 5.74) is 1.62. The van der Waals surface area contributed by atoms with Gasteiger partial charge in [-0.25, -0.2) is 4.79 Å². The number of carbonyl (C=O) groups is 3. The lowest BCUT2D eigenvalue weighted by molar-refractivity contribution is -0.231. The van der Waals surface area contributed by atoms with E-state index in [-0.39, 0.29) is 44.3 Å². The topological polar surface area (TPSA) is 191 Å². The molecule has 1 aliphatic rings. The minimum Gasteiger partial charge on any atom is -0.476 e. The number of hydrogen-bond donors (Lipinski definition) is 6. The van der Waals surface area contributed by atoms with Crippen LogP contribution >= 0.6 is 0 Å². The highest BCUT2D eigenvalue weighted by Gasteiger charge is 2.48. The Kier molecular flexibility index (Phi) is 29.2. The third kappa shape index (κ3) is 22.8. The zero-order chi connectivity index (χ0) is 46.9. The van der Waals surface area contributed by atoms with Crippen molar-refractivity contribution >= 4 is 23.8 Å². The maximum absolute atomic E-state index is 14.3. The van der Waals surface area contributed by atoms with Gasteiger partial charge in [-0.3, -0.25) is 15.0 Å². The van der Waals surface area contributed by atoms with Gasteiger partial charge < -0.3 is 45.1 Å². The lowest BCUT2D eigenvalue weighted by atomic mass is 9.94. The summed E-state index contributed by atoms with van der Waals surface area (Å²) >= 11 is 0. The van der Waals surface area contributed by atoms with E-state index >= 15 is 0 Å². The van der Waals surface area contributed by atoms with Crippen LogP contribution in [0.4, 0.5) is 4.79 Å². The largest absolute Gasteiger partial charge is 0.476 e. The van der Waals surface area contributed by atoms with Crippen molar-refractivity contribution < 1.29 is 43.9 Å². The summed E-state index contributed by atoms with van der Waals surface area (Å²) in [4.78, 5) is 43.2. The smallest absolute Gasteiger partial charge is 0.408 e. The van der Waals surface area contributed by atoms with Gasteiger partial charge in [0.1, 0.15) is 43.6 Å². The maximum atomic E-state index is 14.3. The number of benzene rings is 2. The van der Waals surface area contributed by atoms with E-state index in [2.05, 4.69) is 24.5 Å². The predicted molar refractivity (Wildman–Crippen MR) is 256 cm³/mol. The number of unbranched alkanes of at least 4 members (excludes halogenated alkanes) is 19. The molecule has 1 fully saturated rings. The third-order valence-electron chi connectivity index (χ3n) is 12.3. The van der Waals surface area contributed by atoms with E-state index in [0.717, 1.165) is 49.7 Å². The van der Waals surface area contributed by atoms with E-state index in [1.165, 1.54) is 83.5 Å². The Labute approximate surface area is 390 Å². The van der Waals surface area contributed by atoms with Gasteiger partial charge in [0.15, 0.2) is 12.1 Å². The van der Waals surface area contributed by atoms with Gasteiger partial charge in [-0.15, -0.1) is 0 Å². The molecule has 2 aromatic carbocycles. The fourth-order valence-electron chi connectivity index (χ4n) is 8.30. The summed E-state index contributed by atoms with van der Waals surface area (Å²) in [6, 6.07) is 15.9. The average molecular weight is 909 g/mol. The van der Waals surface area contributed by atoms with Crippen molar-refractivity contribution in [3.05, 3.63) is 71.8 Å². The molecule has 0 radical (unpaired) electrons. The van der Waals surface area contributed by atoms with Crippen LogP contribution in [0.3, 0.4) is 0 Å². The van der Waals surface area contributed by atoms with Crippen LogP contribution in [0.1, 0.15) is 179 Å². The zero-order valence-corrected chi connectivity index (χ0v) is 39.8. The second-order valence-electron chi connectivity index (χ2n) is 17.8. The number of nitrogens with one attached hydrogen (secondary N) is 3. The third-order valence-corrected chi connectivity index (χ3v) is 12.3. The minimum atomic E-state index is -1.63. The number of rotatable bonds is 35. The van der Waals surface area contributed by atoms with Crippen LogP contribution in [-0.4, -0.2) is 93.8 Å². The van der Waals surface area contributed by atoms with E-state index in [0.29, 0.717) is 19.4 Å². The Balaban J connectivity index is 1.75. The number of carbonyl (C=O) groups excluding carboxylic acids is 3. The first kappa shape index (κ1) is 55.3. The lowest BCUT2D eigenvalue weighted by Crippen LogP contribution is -2.70. The molecule has 13 nitrogen and oxygen atoms in total. The van der Waals surface area contributed by atoms with Gasteiger partial charge in [0.25, 0.3) is 0 Å². The van der Waals surface area contributed by atoms with E-state index < -0.39 is 55.2 Å². The highest BCUT2D eigenvalue weighted by Crippen LogP contribution is 2.26. The zero-order valence-electron chi connectivity index (χ0n) is 39.8. The second-order valence-corrected chi connectivity index (χ2v) is 17.8. The van der Waals surface area contributed by atoms with Crippen LogP contribution in [0.25, 0.3) is 0 Å². The fourth-order valence-corrected chi connectivity index (χ4v) is 8.30. The molecule has 1 aliphatic heterocycles. The van der Waals surface area contributed by atoms with Crippen LogP contribution in [0.5, 0.6) is 0 Å². The summed E-state index contributed by atoms with van der Waals surface area (Å²) in [5, 5.41) is 46.9. The number of hydrogen-bond acceptors (Lipinski definition) is 10. The Morgan fingerprint density at radius 1 is 0.662 bits per heavy atom. The summed E-state index contributed by atoms with van der Waals surface area (Å²) in [6.07, 6.45) is 17.3. The minimum absolute atomic E-state index is 0.0193. The molecule has 0 aromatic heterocycles. The number of amides is 3. The normalized spacial score (nSPS) is 18.7. The highest BCUT2D eigenvalue weighted by atomic mass is 16.6. The molecule has 0 spiro atoms. The summed E-state index contributed by atoms with van der Waals surface area (Å²) in [7, 11) is 0. The molecule has 13 heteroatoms. The van der Waals surface area contributed by atoms with Crippen molar-refractivity contribution in [3.63, 3.8) is 0 Å². The van der Waals surface area contributed by atoms with Gasteiger partial charge in [-0.1, -0.05) is 197 Å². The van der Waals surface area contributed by atoms with Crippen LogP contribution in [0, 0.1) is 5.41 Å². The molecule has 0 bridgehead atoms. The first-order valence-corrected chi connectivity index (χ1v) is 25.1. The molecule has 0 aliphatic carbocycles. The number of aliphatic hydroxyl groups is 3. The van der Waals surface area contributed by atoms with E-state index in [4.69, 9.17) is 19.6 Å². The molecule has 1 heterocycles. The van der Waals surface area contributed by atoms with Crippen LogP contribution in [0.15, 0.2) is 60.7 Å². The number of nitrogens with zero attached hydrogens (tertiary/aromatic N) is 1. The highest BCUT2D eigenvalue weighted by molar-refractivity contribution is 5.87. The number of aliphatic hydroxyl groups excluding tert-OH is 3. The molecule has 0 unspecified atom stereocenters. The van der Waals surface area contributed by atoms with E-state index in [9.17, 15) is 29.7 Å². The fraction of sp³-hybridized carbons (Fsp3) is 0.692. The van der Waals surface area contributed by atoms with Crippen molar-refractivity contribution in [3.8, 4) is 0 Å². The Morgan fingerprint density at radius 2 is 1.14 bits per heavy atom. The van der Waals surface area contributed by atoms with Crippen molar-refractivity contribution in [2.45, 2.75) is 218 Å². The predicted octanol–water partition coefficient (Wildman–Crippen LogP) is 9.63. The lowest BCUT2D eigenvalue weighted by Gasteiger charge is -2.47. The van der Waals surface area contributed by atoms with Crippen molar-refractivity contribution in [2.24, 2.45) is 0 Å². The molecule has 366 valence electrons. The molecule has 6 atom stereocenters. The monoisotopic (exact) mass is 909 g/mol. The Hall–Kier alpha value is -4.04. The summed E-state index contributed by atoms with van der Waals surface area (Å²) in [6.45, 7) is 4.24. The molecular weight excluding hydrogens is 825 g/mol. The van der Waals surface area contributed by atoms with Crippen molar-refractivity contribution in [2.75, 3.05) is 13.2 Å². The summed E-state index contributed by atoms with van der Waals surface area (Å²) in [5.74, 6) is -1.02. The second kappa shape index (κ2) is 34.3. The molecular formula is C52H84N4O9. The average Bonchev–Trinajstić information content (AvgIpc) is 3.32. The van der Waals surface area contributed by atoms with Gasteiger partial charge in [-0.05, 0) is 30.4 Å². The van der Waals surface area contributed by atoms with Crippen LogP contribution < -0.4 is 10.6 Å². The van der Waals surface area contributed by atoms with Crippen LogP contribution in [-0.2, 0) is 37.0 Å². The molecule has 65 heavy (non-hydrogen) atoms. The first-order valence-electron chi connectivity index (χ1n) is 25.1. The van der Waals surface area contributed by atoms with Gasteiger partial charge in [0.05, 0.1) is 6.61 Å². The SMILES string of the molecule is CCCCCCCCCCCCCCN(C(=O)CCCCCCCCCCC)[C@@H]1O[C@H](CO)[C@@H](O)[C@H](O)[C@H]1NC(=O)[C@H](CCC(=N)OCc1ccccc1)NC(=O)OCc1ccccc1. The van der Waals surface area contributed by atoms with Crippen molar-refractivity contribution in [1.29, 1.82) is 5.41 Å².